The summed E-state index contributed by atoms with van der Waals surface area (Å²) in [5.74, 6) is -1.66. The fourth-order valence-corrected chi connectivity index (χ4v) is 4.27. The molecule has 0 bridgehead atoms. The molecule has 2 aromatic heterocycles. The first kappa shape index (κ1) is 14.3. The molecule has 1 aliphatic rings. The van der Waals surface area contributed by atoms with Gasteiger partial charge in [0.25, 0.3) is 10.0 Å². The molecule has 6 nitrogen and oxygen atoms in total. The second-order valence-corrected chi connectivity index (χ2v) is 7.44. The van der Waals surface area contributed by atoms with Crippen molar-refractivity contribution < 1.29 is 22.7 Å². The lowest BCUT2D eigenvalue weighted by Crippen LogP contribution is -2.32. The summed E-state index contributed by atoms with van der Waals surface area (Å²) in [6, 6.07) is 4.20. The van der Waals surface area contributed by atoms with Gasteiger partial charge < -0.3 is 9.52 Å². The first-order chi connectivity index (χ1) is 9.98. The van der Waals surface area contributed by atoms with Gasteiger partial charge in [0.1, 0.15) is 0 Å². The monoisotopic (exact) mass is 327 g/mol. The molecule has 1 N–H and O–H groups in total. The minimum atomic E-state index is -3.82. The highest BCUT2D eigenvalue weighted by atomic mass is 32.2. The largest absolute Gasteiger partial charge is 0.475 e. The lowest BCUT2D eigenvalue weighted by atomic mass is 10.3. The van der Waals surface area contributed by atoms with Crippen LogP contribution < -0.4 is 0 Å². The molecule has 0 radical (unpaired) electrons. The van der Waals surface area contributed by atoms with Crippen LogP contribution in [0.3, 0.4) is 0 Å². The lowest BCUT2D eigenvalue weighted by Gasteiger charge is -2.19. The number of carbonyl (C=O) groups is 1. The number of hydrogen-bond donors (Lipinski definition) is 1. The van der Waals surface area contributed by atoms with Gasteiger partial charge in [-0.2, -0.15) is 15.6 Å². The van der Waals surface area contributed by atoms with E-state index in [9.17, 15) is 13.2 Å². The SMILES string of the molecule is O=C(O)c1ccc(S(=O)(=O)N(Cc2ccsc2)C2CC2)o1. The second-order valence-electron chi connectivity index (χ2n) is 4.84. The minimum absolute atomic E-state index is 0.0340. The molecule has 21 heavy (non-hydrogen) atoms. The van der Waals surface area contributed by atoms with Crippen molar-refractivity contribution in [1.29, 1.82) is 0 Å². The zero-order valence-electron chi connectivity index (χ0n) is 10.9. The highest BCUT2D eigenvalue weighted by Gasteiger charge is 2.39. The number of nitrogens with zero attached hydrogens (tertiary/aromatic N) is 1. The summed E-state index contributed by atoms with van der Waals surface area (Å²) in [4.78, 5) is 10.8. The van der Waals surface area contributed by atoms with Crippen LogP contribution in [0.4, 0.5) is 0 Å². The molecule has 1 saturated carbocycles. The quantitative estimate of drug-likeness (QED) is 0.880. The molecule has 0 amide bonds. The van der Waals surface area contributed by atoms with E-state index in [1.807, 2.05) is 16.8 Å². The maximum atomic E-state index is 12.6. The van der Waals surface area contributed by atoms with E-state index in [0.717, 1.165) is 24.5 Å². The maximum Gasteiger partial charge on any atom is 0.371 e. The van der Waals surface area contributed by atoms with Gasteiger partial charge in [0, 0.05) is 12.6 Å². The number of hydrogen-bond acceptors (Lipinski definition) is 5. The predicted octanol–water partition coefficient (Wildman–Crippen LogP) is 2.39. The summed E-state index contributed by atoms with van der Waals surface area (Å²) in [5.41, 5.74) is 0.917. The summed E-state index contributed by atoms with van der Waals surface area (Å²) in [6.45, 7) is 0.277. The van der Waals surface area contributed by atoms with Crippen LogP contribution in [0.1, 0.15) is 29.0 Å². The van der Waals surface area contributed by atoms with Crippen molar-refractivity contribution in [2.24, 2.45) is 0 Å². The molecule has 112 valence electrons. The summed E-state index contributed by atoms with van der Waals surface area (Å²) >= 11 is 1.51. The van der Waals surface area contributed by atoms with Crippen molar-refractivity contribution in [2.45, 2.75) is 30.5 Å². The second kappa shape index (κ2) is 5.28. The van der Waals surface area contributed by atoms with Gasteiger partial charge in [-0.1, -0.05) is 0 Å². The molecule has 0 aliphatic heterocycles. The Hall–Kier alpha value is -1.64. The van der Waals surface area contributed by atoms with Gasteiger partial charge in [-0.3, -0.25) is 0 Å². The number of rotatable bonds is 6. The van der Waals surface area contributed by atoms with Crippen LogP contribution in [0.15, 0.2) is 38.5 Å². The van der Waals surface area contributed by atoms with Crippen molar-refractivity contribution in [3.05, 3.63) is 40.3 Å². The number of carboxylic acids is 1. The predicted molar refractivity (Wildman–Crippen MR) is 75.7 cm³/mol. The van der Waals surface area contributed by atoms with E-state index < -0.39 is 16.0 Å². The van der Waals surface area contributed by atoms with E-state index in [1.165, 1.54) is 21.7 Å². The Kier molecular flexibility index (Phi) is 3.60. The Balaban J connectivity index is 1.91. The molecule has 1 aliphatic carbocycles. The third-order valence-corrected chi connectivity index (χ3v) is 5.73. The first-order valence-corrected chi connectivity index (χ1v) is 8.73. The Morgan fingerprint density at radius 2 is 2.14 bits per heavy atom. The number of aromatic carboxylic acids is 1. The van der Waals surface area contributed by atoms with Crippen molar-refractivity contribution in [3.8, 4) is 0 Å². The van der Waals surface area contributed by atoms with Crippen molar-refractivity contribution in [3.63, 3.8) is 0 Å². The van der Waals surface area contributed by atoms with Crippen LogP contribution in [0.5, 0.6) is 0 Å². The third-order valence-electron chi connectivity index (χ3n) is 3.23. The Morgan fingerprint density at radius 3 is 2.67 bits per heavy atom. The van der Waals surface area contributed by atoms with Gasteiger partial charge in [-0.25, -0.2) is 13.2 Å². The molecule has 0 aromatic carbocycles. The van der Waals surface area contributed by atoms with E-state index in [1.54, 1.807) is 0 Å². The van der Waals surface area contributed by atoms with Crippen LogP contribution in [-0.4, -0.2) is 29.8 Å². The molecule has 2 heterocycles. The lowest BCUT2D eigenvalue weighted by molar-refractivity contribution is 0.0656. The maximum absolute atomic E-state index is 12.6. The average molecular weight is 327 g/mol. The summed E-state index contributed by atoms with van der Waals surface area (Å²) < 4.78 is 31.6. The molecule has 0 saturated heterocycles. The average Bonchev–Trinajstić information content (AvgIpc) is 2.95. The number of thiophene rings is 1. The molecular weight excluding hydrogens is 314 g/mol. The molecular formula is C13H13NO5S2. The number of furan rings is 1. The van der Waals surface area contributed by atoms with Crippen molar-refractivity contribution in [2.75, 3.05) is 0 Å². The zero-order chi connectivity index (χ0) is 15.0. The summed E-state index contributed by atoms with van der Waals surface area (Å²) in [6.07, 6.45) is 1.63. The van der Waals surface area contributed by atoms with Gasteiger partial charge in [0.05, 0.1) is 0 Å². The van der Waals surface area contributed by atoms with Crippen molar-refractivity contribution in [1.82, 2.24) is 4.31 Å². The van der Waals surface area contributed by atoms with Gasteiger partial charge >= 0.3 is 5.97 Å². The molecule has 2 aromatic rings. The van der Waals surface area contributed by atoms with E-state index in [4.69, 9.17) is 9.52 Å². The van der Waals surface area contributed by atoms with Crippen LogP contribution in [0.25, 0.3) is 0 Å². The fraction of sp³-hybridized carbons (Fsp3) is 0.308. The molecule has 0 spiro atoms. The highest BCUT2D eigenvalue weighted by Crippen LogP contribution is 2.34. The van der Waals surface area contributed by atoms with Gasteiger partial charge in [0.15, 0.2) is 0 Å². The Morgan fingerprint density at radius 1 is 1.38 bits per heavy atom. The van der Waals surface area contributed by atoms with Crippen LogP contribution >= 0.6 is 11.3 Å². The van der Waals surface area contributed by atoms with E-state index >= 15 is 0 Å². The molecule has 8 heteroatoms. The fourth-order valence-electron chi connectivity index (χ4n) is 2.02. The zero-order valence-corrected chi connectivity index (χ0v) is 12.6. The number of sulfonamides is 1. The summed E-state index contributed by atoms with van der Waals surface area (Å²) in [5, 5.41) is 12.3. The van der Waals surface area contributed by atoms with E-state index in [-0.39, 0.29) is 23.4 Å². The van der Waals surface area contributed by atoms with Gasteiger partial charge in [-0.15, -0.1) is 0 Å². The standard InChI is InChI=1S/C13H13NO5S2/c15-13(16)11-3-4-12(19-11)21(17,18)14(10-1-2-10)7-9-5-6-20-8-9/h3-6,8,10H,1-2,7H2,(H,15,16). The molecule has 0 unspecified atom stereocenters. The van der Waals surface area contributed by atoms with Crippen LogP contribution in [0.2, 0.25) is 0 Å². The van der Waals surface area contributed by atoms with Gasteiger partial charge in [-0.05, 0) is 47.4 Å². The van der Waals surface area contributed by atoms with E-state index in [2.05, 4.69) is 0 Å². The third kappa shape index (κ3) is 2.87. The normalized spacial score (nSPS) is 15.5. The van der Waals surface area contributed by atoms with Crippen LogP contribution in [-0.2, 0) is 16.6 Å². The Bertz CT molecular complexity index is 743. The number of carboxylic acid groups (broad SMARTS) is 1. The van der Waals surface area contributed by atoms with Crippen LogP contribution in [0, 0.1) is 0 Å². The first-order valence-electron chi connectivity index (χ1n) is 6.34. The Labute approximate surface area is 125 Å². The molecule has 0 atom stereocenters. The van der Waals surface area contributed by atoms with Gasteiger partial charge in [0.2, 0.25) is 10.9 Å². The molecule has 3 rings (SSSR count). The summed E-state index contributed by atoms with van der Waals surface area (Å²) in [7, 11) is -3.82. The smallest absolute Gasteiger partial charge is 0.371 e. The minimum Gasteiger partial charge on any atom is -0.475 e. The highest BCUT2D eigenvalue weighted by molar-refractivity contribution is 7.89. The topological polar surface area (TPSA) is 87.8 Å². The van der Waals surface area contributed by atoms with E-state index in [0.29, 0.717) is 0 Å². The molecule has 1 fully saturated rings. The van der Waals surface area contributed by atoms with Crippen molar-refractivity contribution >= 4 is 27.3 Å².